The number of ether oxygens (including phenoxy) is 1. The smallest absolute Gasteiger partial charge is 0.233 e. The van der Waals surface area contributed by atoms with Gasteiger partial charge < -0.3 is 15.4 Å². The van der Waals surface area contributed by atoms with E-state index in [0.29, 0.717) is 17.1 Å². The van der Waals surface area contributed by atoms with E-state index in [9.17, 15) is 9.59 Å². The first kappa shape index (κ1) is 16.5. The molecule has 2 rings (SSSR count). The van der Waals surface area contributed by atoms with Crippen LogP contribution in [-0.4, -0.2) is 18.9 Å². The van der Waals surface area contributed by atoms with Gasteiger partial charge in [-0.05, 0) is 49.2 Å². The van der Waals surface area contributed by atoms with Crippen molar-refractivity contribution < 1.29 is 14.3 Å². The molecule has 0 aliphatic rings. The maximum Gasteiger partial charge on any atom is 0.233 e. The van der Waals surface area contributed by atoms with Crippen LogP contribution in [0.25, 0.3) is 0 Å². The molecule has 5 heteroatoms. The van der Waals surface area contributed by atoms with Gasteiger partial charge in [0.1, 0.15) is 12.2 Å². The number of carbonyl (C=O) groups excluding carboxylic acids is 2. The summed E-state index contributed by atoms with van der Waals surface area (Å²) >= 11 is 0. The van der Waals surface area contributed by atoms with Crippen LogP contribution >= 0.6 is 0 Å². The Labute approximate surface area is 135 Å². The summed E-state index contributed by atoms with van der Waals surface area (Å²) in [6, 6.07) is 12.9. The van der Waals surface area contributed by atoms with Crippen LogP contribution in [-0.2, 0) is 9.59 Å². The molecular formula is C18H20N2O3. The zero-order valence-electron chi connectivity index (χ0n) is 13.5. The van der Waals surface area contributed by atoms with Crippen molar-refractivity contribution >= 4 is 23.2 Å². The standard InChI is InChI=1S/C18H20N2O3/c1-12-5-4-6-14(9-12)19-17(21)11-18(22)20-15-10-13(2)7-8-16(15)23-3/h4-10H,11H2,1-3H3,(H,19,21)(H,20,22). The first-order valence-corrected chi connectivity index (χ1v) is 7.29. The zero-order chi connectivity index (χ0) is 16.8. The first-order chi connectivity index (χ1) is 11.0. The minimum atomic E-state index is -0.390. The number of carbonyl (C=O) groups is 2. The molecule has 2 amide bonds. The Kier molecular flexibility index (Phi) is 5.36. The quantitative estimate of drug-likeness (QED) is 0.833. The monoisotopic (exact) mass is 312 g/mol. The van der Waals surface area contributed by atoms with E-state index in [2.05, 4.69) is 10.6 Å². The maximum atomic E-state index is 12.0. The summed E-state index contributed by atoms with van der Waals surface area (Å²) in [5.74, 6) is -0.193. The van der Waals surface area contributed by atoms with Crippen molar-refractivity contribution in [2.45, 2.75) is 20.3 Å². The lowest BCUT2D eigenvalue weighted by molar-refractivity contribution is -0.123. The van der Waals surface area contributed by atoms with Crippen molar-refractivity contribution in [3.8, 4) is 5.75 Å². The Morgan fingerprint density at radius 2 is 1.65 bits per heavy atom. The van der Waals surface area contributed by atoms with E-state index in [4.69, 9.17) is 4.74 Å². The second-order valence-corrected chi connectivity index (χ2v) is 5.35. The second-order valence-electron chi connectivity index (χ2n) is 5.35. The summed E-state index contributed by atoms with van der Waals surface area (Å²) in [5.41, 5.74) is 3.26. The van der Waals surface area contributed by atoms with E-state index < -0.39 is 0 Å². The van der Waals surface area contributed by atoms with Gasteiger partial charge in [-0.15, -0.1) is 0 Å². The molecule has 23 heavy (non-hydrogen) atoms. The number of hydrogen-bond acceptors (Lipinski definition) is 3. The van der Waals surface area contributed by atoms with E-state index in [1.807, 2.05) is 38.1 Å². The van der Waals surface area contributed by atoms with Gasteiger partial charge in [-0.1, -0.05) is 18.2 Å². The van der Waals surface area contributed by atoms with Crippen LogP contribution in [0, 0.1) is 13.8 Å². The summed E-state index contributed by atoms with van der Waals surface area (Å²) in [6.07, 6.45) is -0.259. The summed E-state index contributed by atoms with van der Waals surface area (Å²) in [4.78, 5) is 24.0. The molecule has 0 unspecified atom stereocenters. The Balaban J connectivity index is 1.97. The third kappa shape index (κ3) is 4.85. The molecule has 0 aliphatic carbocycles. The molecule has 2 N–H and O–H groups in total. The largest absolute Gasteiger partial charge is 0.495 e. The van der Waals surface area contributed by atoms with Crippen molar-refractivity contribution in [2.24, 2.45) is 0 Å². The van der Waals surface area contributed by atoms with Gasteiger partial charge in [-0.2, -0.15) is 0 Å². The Hall–Kier alpha value is -2.82. The van der Waals surface area contributed by atoms with E-state index in [1.165, 1.54) is 7.11 Å². The molecule has 120 valence electrons. The molecule has 0 saturated carbocycles. The van der Waals surface area contributed by atoms with Crippen molar-refractivity contribution in [3.63, 3.8) is 0 Å². The van der Waals surface area contributed by atoms with Gasteiger partial charge in [0.05, 0.1) is 12.8 Å². The molecule has 5 nitrogen and oxygen atoms in total. The molecule has 0 bridgehead atoms. The highest BCUT2D eigenvalue weighted by Crippen LogP contribution is 2.25. The molecule has 2 aromatic carbocycles. The summed E-state index contributed by atoms with van der Waals surface area (Å²) < 4.78 is 5.20. The first-order valence-electron chi connectivity index (χ1n) is 7.29. The van der Waals surface area contributed by atoms with Crippen LogP contribution in [0.5, 0.6) is 5.75 Å². The lowest BCUT2D eigenvalue weighted by Crippen LogP contribution is -2.21. The Bertz CT molecular complexity index is 726. The summed E-state index contributed by atoms with van der Waals surface area (Å²) in [6.45, 7) is 3.85. The minimum absolute atomic E-state index is 0.259. The fourth-order valence-electron chi connectivity index (χ4n) is 2.19. The number of hydrogen-bond donors (Lipinski definition) is 2. The number of methoxy groups -OCH3 is 1. The molecule has 0 saturated heterocycles. The van der Waals surface area contributed by atoms with Crippen molar-refractivity contribution in [1.29, 1.82) is 0 Å². The van der Waals surface area contributed by atoms with Crippen LogP contribution in [0.2, 0.25) is 0 Å². The van der Waals surface area contributed by atoms with Gasteiger partial charge in [-0.25, -0.2) is 0 Å². The van der Waals surface area contributed by atoms with Crippen molar-refractivity contribution in [2.75, 3.05) is 17.7 Å². The predicted molar refractivity (Wildman–Crippen MR) is 90.8 cm³/mol. The normalized spacial score (nSPS) is 10.0. The SMILES string of the molecule is COc1ccc(C)cc1NC(=O)CC(=O)Nc1cccc(C)c1. The zero-order valence-corrected chi connectivity index (χ0v) is 13.5. The van der Waals surface area contributed by atoms with Gasteiger partial charge in [0, 0.05) is 5.69 Å². The fraction of sp³-hybridized carbons (Fsp3) is 0.222. The van der Waals surface area contributed by atoms with E-state index in [-0.39, 0.29) is 18.2 Å². The maximum absolute atomic E-state index is 12.0. The third-order valence-corrected chi connectivity index (χ3v) is 3.25. The van der Waals surface area contributed by atoms with Gasteiger partial charge >= 0.3 is 0 Å². The number of nitrogens with one attached hydrogen (secondary N) is 2. The fourth-order valence-corrected chi connectivity index (χ4v) is 2.19. The highest BCUT2D eigenvalue weighted by Gasteiger charge is 2.12. The topological polar surface area (TPSA) is 67.4 Å². The van der Waals surface area contributed by atoms with Crippen LogP contribution in [0.15, 0.2) is 42.5 Å². The van der Waals surface area contributed by atoms with Gasteiger partial charge in [0.25, 0.3) is 0 Å². The molecule has 0 fully saturated rings. The molecule has 0 aliphatic heterocycles. The molecule has 0 heterocycles. The minimum Gasteiger partial charge on any atom is -0.495 e. The van der Waals surface area contributed by atoms with Crippen LogP contribution < -0.4 is 15.4 Å². The molecule has 2 aromatic rings. The number of amides is 2. The number of anilines is 2. The molecule has 0 spiro atoms. The highest BCUT2D eigenvalue weighted by molar-refractivity contribution is 6.08. The predicted octanol–water partition coefficient (Wildman–Crippen LogP) is 3.28. The Morgan fingerprint density at radius 3 is 2.35 bits per heavy atom. The number of rotatable bonds is 5. The van der Waals surface area contributed by atoms with Crippen LogP contribution in [0.1, 0.15) is 17.5 Å². The molecule has 0 aromatic heterocycles. The van der Waals surface area contributed by atoms with Gasteiger partial charge in [0.15, 0.2) is 0 Å². The second kappa shape index (κ2) is 7.45. The Morgan fingerprint density at radius 1 is 0.957 bits per heavy atom. The van der Waals surface area contributed by atoms with Crippen molar-refractivity contribution in [3.05, 3.63) is 53.6 Å². The summed E-state index contributed by atoms with van der Waals surface area (Å²) in [7, 11) is 1.53. The van der Waals surface area contributed by atoms with E-state index in [1.54, 1.807) is 18.2 Å². The average molecular weight is 312 g/mol. The lowest BCUT2D eigenvalue weighted by atomic mass is 10.2. The lowest BCUT2D eigenvalue weighted by Gasteiger charge is -2.11. The molecule has 0 radical (unpaired) electrons. The molecule has 0 atom stereocenters. The van der Waals surface area contributed by atoms with Gasteiger partial charge in [-0.3, -0.25) is 9.59 Å². The number of benzene rings is 2. The summed E-state index contributed by atoms with van der Waals surface area (Å²) in [5, 5.41) is 5.41. The number of aryl methyl sites for hydroxylation is 2. The van der Waals surface area contributed by atoms with E-state index >= 15 is 0 Å². The third-order valence-electron chi connectivity index (χ3n) is 3.25. The van der Waals surface area contributed by atoms with E-state index in [0.717, 1.165) is 11.1 Å². The van der Waals surface area contributed by atoms with Gasteiger partial charge in [0.2, 0.25) is 11.8 Å². The average Bonchev–Trinajstić information content (AvgIpc) is 2.47. The van der Waals surface area contributed by atoms with Crippen LogP contribution in [0.4, 0.5) is 11.4 Å². The molecular weight excluding hydrogens is 292 g/mol. The highest BCUT2D eigenvalue weighted by atomic mass is 16.5. The van der Waals surface area contributed by atoms with Crippen molar-refractivity contribution in [1.82, 2.24) is 0 Å². The van der Waals surface area contributed by atoms with Crippen LogP contribution in [0.3, 0.4) is 0 Å².